The van der Waals surface area contributed by atoms with Crippen LogP contribution in [0.25, 0.3) is 0 Å². The zero-order valence-corrected chi connectivity index (χ0v) is 5.52. The minimum absolute atomic E-state index is 0.461. The van der Waals surface area contributed by atoms with Gasteiger partial charge in [0.1, 0.15) is 0 Å². The van der Waals surface area contributed by atoms with Crippen molar-refractivity contribution in [3.63, 3.8) is 0 Å². The van der Waals surface area contributed by atoms with Gasteiger partial charge in [0.25, 0.3) is 0 Å². The molecule has 0 amide bonds. The van der Waals surface area contributed by atoms with Crippen LogP contribution in [-0.4, -0.2) is 11.2 Å². The van der Waals surface area contributed by atoms with Crippen molar-refractivity contribution in [1.82, 2.24) is 0 Å². The van der Waals surface area contributed by atoms with Gasteiger partial charge < -0.3 is 0 Å². The third-order valence-corrected chi connectivity index (χ3v) is 1.09. The van der Waals surface area contributed by atoms with Gasteiger partial charge in [-0.25, -0.2) is 4.39 Å². The first kappa shape index (κ1) is 7.03. The summed E-state index contributed by atoms with van der Waals surface area (Å²) in [5, 5.41) is -1.72. The number of Topliss-reactive ketones (excluding diaryl/α,β-unsaturated/α-hetero) is 1. The molecule has 0 aliphatic carbocycles. The molecule has 0 aromatic carbocycles. The minimum Gasteiger partial charge on any atom is -0.296 e. The van der Waals surface area contributed by atoms with Crippen molar-refractivity contribution in [2.24, 2.45) is 0 Å². The van der Waals surface area contributed by atoms with Gasteiger partial charge in [0, 0.05) is 0 Å². The molecule has 42 valence electrons. The maximum Gasteiger partial charge on any atom is 0.178 e. The summed E-state index contributed by atoms with van der Waals surface area (Å²) in [4.78, 5) is 10.1. The molecule has 0 aromatic rings. The van der Waals surface area contributed by atoms with Crippen LogP contribution >= 0.6 is 9.24 Å². The molecule has 0 spiro atoms. The van der Waals surface area contributed by atoms with Crippen LogP contribution in [0.1, 0.15) is 13.8 Å². The van der Waals surface area contributed by atoms with E-state index in [-0.39, 0.29) is 0 Å². The van der Waals surface area contributed by atoms with Crippen molar-refractivity contribution in [1.29, 1.82) is 0 Å². The summed E-state index contributed by atoms with van der Waals surface area (Å²) in [6.45, 7) is 2.42. The molecule has 0 aliphatic heterocycles. The van der Waals surface area contributed by atoms with Crippen molar-refractivity contribution in [3.8, 4) is 0 Å². The highest BCUT2D eigenvalue weighted by Crippen LogP contribution is 2.18. The third-order valence-electron chi connectivity index (χ3n) is 0.688. The Morgan fingerprint density at radius 2 is 2.00 bits per heavy atom. The minimum atomic E-state index is -1.72. The van der Waals surface area contributed by atoms with Crippen molar-refractivity contribution in [3.05, 3.63) is 0 Å². The summed E-state index contributed by atoms with van der Waals surface area (Å²) in [7, 11) is 1.81. The van der Waals surface area contributed by atoms with E-state index >= 15 is 0 Å². The molecule has 0 saturated heterocycles. The van der Waals surface area contributed by atoms with Gasteiger partial charge in [0.15, 0.2) is 11.2 Å². The van der Waals surface area contributed by atoms with Gasteiger partial charge in [-0.2, -0.15) is 0 Å². The summed E-state index contributed by atoms with van der Waals surface area (Å²) in [6.07, 6.45) is 0. The molecule has 0 radical (unpaired) electrons. The van der Waals surface area contributed by atoms with E-state index in [1.807, 2.05) is 9.24 Å². The molecule has 2 atom stereocenters. The molecule has 0 saturated carbocycles. The van der Waals surface area contributed by atoms with E-state index in [1.165, 1.54) is 13.8 Å². The largest absolute Gasteiger partial charge is 0.296 e. The number of halogens is 1. The Hall–Kier alpha value is 0.0300. The fourth-order valence-electron chi connectivity index (χ4n) is 0. The smallest absolute Gasteiger partial charge is 0.178 e. The van der Waals surface area contributed by atoms with Crippen LogP contribution in [-0.2, 0) is 4.79 Å². The highest BCUT2D eigenvalue weighted by atomic mass is 31.0. The SMILES string of the molecule is CC(=O)C(C)(F)P. The maximum absolute atomic E-state index is 12.1. The fraction of sp³-hybridized carbons (Fsp3) is 0.750. The second kappa shape index (κ2) is 1.87. The first-order valence-electron chi connectivity index (χ1n) is 1.93. The number of ketones is 1. The van der Waals surface area contributed by atoms with E-state index < -0.39 is 11.2 Å². The molecule has 0 rings (SSSR count). The van der Waals surface area contributed by atoms with Gasteiger partial charge in [-0.15, -0.1) is 0 Å². The summed E-state index contributed by atoms with van der Waals surface area (Å²) in [6, 6.07) is 0. The molecule has 7 heavy (non-hydrogen) atoms. The van der Waals surface area contributed by atoms with Gasteiger partial charge in [0.05, 0.1) is 0 Å². The lowest BCUT2D eigenvalue weighted by molar-refractivity contribution is -0.122. The molecule has 0 N–H and O–H groups in total. The summed E-state index contributed by atoms with van der Waals surface area (Å²) < 4.78 is 12.1. The van der Waals surface area contributed by atoms with Crippen molar-refractivity contribution in [2.45, 2.75) is 19.3 Å². The Bertz CT molecular complexity index is 84.2. The number of carbonyl (C=O) groups is 1. The van der Waals surface area contributed by atoms with E-state index in [4.69, 9.17) is 0 Å². The molecule has 2 unspecified atom stereocenters. The summed E-state index contributed by atoms with van der Waals surface area (Å²) in [5.74, 6) is -0.461. The van der Waals surface area contributed by atoms with Crippen LogP contribution in [0, 0.1) is 0 Å². The number of carbonyl (C=O) groups excluding carboxylic acids is 1. The Morgan fingerprint density at radius 3 is 2.00 bits per heavy atom. The lowest BCUT2D eigenvalue weighted by Gasteiger charge is -2.06. The van der Waals surface area contributed by atoms with E-state index in [0.29, 0.717) is 0 Å². The third kappa shape index (κ3) is 2.69. The lowest BCUT2D eigenvalue weighted by Crippen LogP contribution is -2.17. The fourth-order valence-corrected chi connectivity index (χ4v) is 0. The Labute approximate surface area is 44.5 Å². The zero-order chi connectivity index (χ0) is 6.08. The number of rotatable bonds is 1. The highest BCUT2D eigenvalue weighted by molar-refractivity contribution is 7.20. The second-order valence-electron chi connectivity index (χ2n) is 1.63. The first-order chi connectivity index (χ1) is 2.94. The summed E-state index contributed by atoms with van der Waals surface area (Å²) >= 11 is 0. The normalized spacial score (nSPS) is 18.3. The summed E-state index contributed by atoms with van der Waals surface area (Å²) in [5.41, 5.74) is 0. The van der Waals surface area contributed by atoms with Crippen LogP contribution in [0.2, 0.25) is 0 Å². The monoisotopic (exact) mass is 122 g/mol. The van der Waals surface area contributed by atoms with Crippen LogP contribution in [0.3, 0.4) is 0 Å². The van der Waals surface area contributed by atoms with Crippen LogP contribution in [0.4, 0.5) is 4.39 Å². The average molecular weight is 122 g/mol. The molecule has 0 fully saturated rings. The molecule has 0 heterocycles. The Kier molecular flexibility index (Phi) is 1.88. The van der Waals surface area contributed by atoms with Gasteiger partial charge in [-0.3, -0.25) is 4.79 Å². The molecule has 1 nitrogen and oxygen atoms in total. The average Bonchev–Trinajstić information content (AvgIpc) is 1.31. The number of hydrogen-bond acceptors (Lipinski definition) is 1. The number of hydrogen-bond donors (Lipinski definition) is 0. The topological polar surface area (TPSA) is 17.1 Å². The van der Waals surface area contributed by atoms with Crippen molar-refractivity contribution >= 4 is 15.0 Å². The molecule has 0 aromatic heterocycles. The van der Waals surface area contributed by atoms with Crippen molar-refractivity contribution in [2.75, 3.05) is 0 Å². The van der Waals surface area contributed by atoms with Crippen molar-refractivity contribution < 1.29 is 9.18 Å². The van der Waals surface area contributed by atoms with E-state index in [0.717, 1.165) is 0 Å². The molecular formula is C4H8FOP. The van der Waals surface area contributed by atoms with Gasteiger partial charge in [-0.05, 0) is 13.8 Å². The number of alkyl halides is 1. The molecule has 3 heteroatoms. The zero-order valence-electron chi connectivity index (χ0n) is 4.36. The Morgan fingerprint density at radius 1 is 1.86 bits per heavy atom. The predicted octanol–water partition coefficient (Wildman–Crippen LogP) is 1.14. The molecular weight excluding hydrogens is 114 g/mol. The van der Waals surface area contributed by atoms with E-state index in [9.17, 15) is 9.18 Å². The van der Waals surface area contributed by atoms with Gasteiger partial charge in [0.2, 0.25) is 0 Å². The maximum atomic E-state index is 12.1. The Balaban J connectivity index is 3.79. The second-order valence-corrected chi connectivity index (χ2v) is 2.72. The lowest BCUT2D eigenvalue weighted by atomic mass is 10.3. The first-order valence-corrected chi connectivity index (χ1v) is 2.51. The van der Waals surface area contributed by atoms with Gasteiger partial charge >= 0.3 is 0 Å². The van der Waals surface area contributed by atoms with Crippen LogP contribution in [0.5, 0.6) is 0 Å². The van der Waals surface area contributed by atoms with Gasteiger partial charge in [-0.1, -0.05) is 9.24 Å². The van der Waals surface area contributed by atoms with Crippen LogP contribution < -0.4 is 0 Å². The van der Waals surface area contributed by atoms with Crippen LogP contribution in [0.15, 0.2) is 0 Å². The predicted molar refractivity (Wildman–Crippen MR) is 29.9 cm³/mol. The van der Waals surface area contributed by atoms with E-state index in [2.05, 4.69) is 0 Å². The molecule has 0 aliphatic rings. The quantitative estimate of drug-likeness (QED) is 0.476. The standard InChI is InChI=1S/C4H8FOP/c1-3(6)4(2,5)7/h7H2,1-2H3. The highest BCUT2D eigenvalue weighted by Gasteiger charge is 2.20. The van der Waals surface area contributed by atoms with E-state index in [1.54, 1.807) is 0 Å². The molecule has 0 bridgehead atoms.